The fraction of sp³-hybridized carbons (Fsp3) is 0.154. The molecule has 3 amide bonds. The molecule has 0 bridgehead atoms. The normalized spacial score (nSPS) is 14.4. The van der Waals surface area contributed by atoms with Gasteiger partial charge in [-0.3, -0.25) is 9.69 Å². The summed E-state index contributed by atoms with van der Waals surface area (Å²) in [7, 11) is 0. The molecule has 3 aromatic rings. The Morgan fingerprint density at radius 1 is 1.03 bits per heavy atom. The number of hydrogen-bond acceptors (Lipinski definition) is 4. The maximum absolute atomic E-state index is 12.9. The van der Waals surface area contributed by atoms with Gasteiger partial charge >= 0.3 is 6.03 Å². The second-order valence-electron chi connectivity index (χ2n) is 7.51. The van der Waals surface area contributed by atoms with Gasteiger partial charge in [0.1, 0.15) is 12.3 Å². The number of benzene rings is 3. The fourth-order valence-corrected chi connectivity index (χ4v) is 4.25. The highest BCUT2D eigenvalue weighted by Crippen LogP contribution is 2.38. The summed E-state index contributed by atoms with van der Waals surface area (Å²) in [4.78, 5) is 26.5. The maximum atomic E-state index is 12.9. The fourth-order valence-electron chi connectivity index (χ4n) is 3.49. The van der Waals surface area contributed by atoms with E-state index in [1.807, 2.05) is 61.5 Å². The minimum Gasteiger partial charge on any atom is -0.490 e. The number of hydrogen-bond donors (Lipinski definition) is 1. The average Bonchev–Trinajstić information content (AvgIpc) is 3.08. The molecule has 1 aliphatic heterocycles. The van der Waals surface area contributed by atoms with Gasteiger partial charge in [0, 0.05) is 10.6 Å². The van der Waals surface area contributed by atoms with Crippen LogP contribution in [0.15, 0.2) is 76.9 Å². The van der Waals surface area contributed by atoms with Crippen LogP contribution >= 0.6 is 27.5 Å². The van der Waals surface area contributed by atoms with E-state index in [1.165, 1.54) is 4.90 Å². The van der Waals surface area contributed by atoms with Crippen LogP contribution in [-0.2, 0) is 17.9 Å². The summed E-state index contributed by atoms with van der Waals surface area (Å²) in [6, 6.07) is 19.9. The number of urea groups is 1. The summed E-state index contributed by atoms with van der Waals surface area (Å²) < 4.78 is 12.5. The molecule has 174 valence electrons. The van der Waals surface area contributed by atoms with E-state index >= 15 is 0 Å². The van der Waals surface area contributed by atoms with Crippen LogP contribution in [-0.4, -0.2) is 23.4 Å². The summed E-state index contributed by atoms with van der Waals surface area (Å²) in [6.07, 6.45) is 1.62. The van der Waals surface area contributed by atoms with Crippen molar-refractivity contribution in [2.45, 2.75) is 20.1 Å². The van der Waals surface area contributed by atoms with Gasteiger partial charge in [-0.05, 0) is 58.3 Å². The Morgan fingerprint density at radius 2 is 1.76 bits per heavy atom. The molecule has 1 fully saturated rings. The largest absolute Gasteiger partial charge is 0.490 e. The highest BCUT2D eigenvalue weighted by Gasteiger charge is 2.33. The van der Waals surface area contributed by atoms with E-state index in [0.717, 1.165) is 11.1 Å². The lowest BCUT2D eigenvalue weighted by molar-refractivity contribution is -0.123. The van der Waals surface area contributed by atoms with E-state index in [4.69, 9.17) is 21.1 Å². The van der Waals surface area contributed by atoms with Gasteiger partial charge in [-0.15, -0.1) is 0 Å². The molecule has 0 atom stereocenters. The second kappa shape index (κ2) is 10.8. The first kappa shape index (κ1) is 23.9. The van der Waals surface area contributed by atoms with Crippen molar-refractivity contribution in [1.82, 2.24) is 10.2 Å². The van der Waals surface area contributed by atoms with Crippen LogP contribution in [0.4, 0.5) is 4.79 Å². The third-order valence-electron chi connectivity index (χ3n) is 5.12. The number of nitrogens with zero attached hydrogens (tertiary/aromatic N) is 1. The van der Waals surface area contributed by atoms with E-state index in [1.54, 1.807) is 18.2 Å². The third-order valence-corrected chi connectivity index (χ3v) is 6.08. The first-order valence-electron chi connectivity index (χ1n) is 10.7. The van der Waals surface area contributed by atoms with Gasteiger partial charge in [0.25, 0.3) is 5.91 Å². The van der Waals surface area contributed by atoms with Crippen molar-refractivity contribution < 1.29 is 19.1 Å². The third kappa shape index (κ3) is 5.43. The molecule has 0 aromatic heterocycles. The van der Waals surface area contributed by atoms with Gasteiger partial charge in [-0.2, -0.15) is 0 Å². The van der Waals surface area contributed by atoms with Crippen molar-refractivity contribution in [2.75, 3.05) is 6.61 Å². The lowest BCUT2D eigenvalue weighted by Crippen LogP contribution is -2.30. The molecule has 0 spiro atoms. The van der Waals surface area contributed by atoms with Crippen molar-refractivity contribution in [3.63, 3.8) is 0 Å². The zero-order valence-corrected chi connectivity index (χ0v) is 20.7. The van der Waals surface area contributed by atoms with Gasteiger partial charge in [0.15, 0.2) is 11.5 Å². The van der Waals surface area contributed by atoms with Crippen LogP contribution in [0.3, 0.4) is 0 Å². The summed E-state index contributed by atoms with van der Waals surface area (Å²) >= 11 is 9.78. The zero-order valence-electron chi connectivity index (χ0n) is 18.4. The molecule has 3 aromatic carbocycles. The van der Waals surface area contributed by atoms with Crippen molar-refractivity contribution in [3.8, 4) is 11.5 Å². The van der Waals surface area contributed by atoms with Gasteiger partial charge in [0.05, 0.1) is 17.6 Å². The van der Waals surface area contributed by atoms with Crippen LogP contribution in [0, 0.1) is 0 Å². The Kier molecular flexibility index (Phi) is 7.55. The number of rotatable bonds is 8. The number of ether oxygens (including phenoxy) is 2. The molecular formula is C26H22BrClN2O4. The lowest BCUT2D eigenvalue weighted by Gasteiger charge is -2.15. The lowest BCUT2D eigenvalue weighted by atomic mass is 10.1. The Morgan fingerprint density at radius 3 is 2.50 bits per heavy atom. The van der Waals surface area contributed by atoms with Gasteiger partial charge in [0.2, 0.25) is 0 Å². The topological polar surface area (TPSA) is 67.9 Å². The standard InChI is InChI=1S/C26H22BrClN2O4/c1-2-33-23-14-18(12-20(27)24(23)34-16-19-10-6-7-11-21(19)28)13-22-25(31)30(26(32)29-22)15-17-8-4-3-5-9-17/h3-14H,2,15-16H2,1H3,(H,29,32)/b22-13+. The highest BCUT2D eigenvalue weighted by atomic mass is 79.9. The molecule has 4 rings (SSSR count). The minimum absolute atomic E-state index is 0.194. The molecule has 1 saturated heterocycles. The maximum Gasteiger partial charge on any atom is 0.329 e. The average molecular weight is 542 g/mol. The highest BCUT2D eigenvalue weighted by molar-refractivity contribution is 9.10. The quantitative estimate of drug-likeness (QED) is 0.273. The molecule has 0 saturated carbocycles. The molecule has 8 heteroatoms. The summed E-state index contributed by atoms with van der Waals surface area (Å²) in [5.74, 6) is 0.645. The van der Waals surface area contributed by atoms with Crippen LogP contribution in [0.25, 0.3) is 6.08 Å². The second-order valence-corrected chi connectivity index (χ2v) is 8.77. The molecule has 0 radical (unpaired) electrons. The predicted octanol–water partition coefficient (Wildman–Crippen LogP) is 6.17. The number of amides is 3. The Hall–Kier alpha value is -3.29. The number of imide groups is 1. The summed E-state index contributed by atoms with van der Waals surface area (Å²) in [5, 5.41) is 3.28. The van der Waals surface area contributed by atoms with Crippen molar-refractivity contribution in [3.05, 3.63) is 98.6 Å². The van der Waals surface area contributed by atoms with Gasteiger partial charge in [-0.25, -0.2) is 4.79 Å². The Labute approximate surface area is 211 Å². The number of carbonyl (C=O) groups is 2. The van der Waals surface area contributed by atoms with Crippen molar-refractivity contribution in [2.24, 2.45) is 0 Å². The van der Waals surface area contributed by atoms with Crippen LogP contribution in [0.1, 0.15) is 23.6 Å². The number of carbonyl (C=O) groups excluding carboxylic acids is 2. The van der Waals surface area contributed by atoms with Crippen LogP contribution < -0.4 is 14.8 Å². The van der Waals surface area contributed by atoms with E-state index in [0.29, 0.717) is 33.2 Å². The Balaban J connectivity index is 1.56. The molecule has 34 heavy (non-hydrogen) atoms. The minimum atomic E-state index is -0.455. The molecule has 0 unspecified atom stereocenters. The molecule has 1 heterocycles. The molecule has 6 nitrogen and oxygen atoms in total. The predicted molar refractivity (Wildman–Crippen MR) is 135 cm³/mol. The van der Waals surface area contributed by atoms with Gasteiger partial charge < -0.3 is 14.8 Å². The summed E-state index contributed by atoms with van der Waals surface area (Å²) in [5.41, 5.74) is 2.58. The monoisotopic (exact) mass is 540 g/mol. The van der Waals surface area contributed by atoms with E-state index in [9.17, 15) is 9.59 Å². The number of nitrogens with one attached hydrogen (secondary N) is 1. The van der Waals surface area contributed by atoms with Crippen LogP contribution in [0.2, 0.25) is 5.02 Å². The SMILES string of the molecule is CCOc1cc(/C=C2/NC(=O)N(Cc3ccccc3)C2=O)cc(Br)c1OCc1ccccc1Cl. The zero-order chi connectivity index (χ0) is 24.1. The van der Waals surface area contributed by atoms with E-state index in [2.05, 4.69) is 21.2 Å². The van der Waals surface area contributed by atoms with E-state index in [-0.39, 0.29) is 24.8 Å². The Bertz CT molecular complexity index is 1250. The first-order chi connectivity index (χ1) is 16.5. The molecule has 1 N–H and O–H groups in total. The summed E-state index contributed by atoms with van der Waals surface area (Å²) in [6.45, 7) is 2.77. The van der Waals surface area contributed by atoms with Crippen LogP contribution in [0.5, 0.6) is 11.5 Å². The first-order valence-corrected chi connectivity index (χ1v) is 11.8. The number of halogens is 2. The molecule has 0 aliphatic carbocycles. The molecule has 1 aliphatic rings. The van der Waals surface area contributed by atoms with E-state index < -0.39 is 6.03 Å². The van der Waals surface area contributed by atoms with Gasteiger partial charge in [-0.1, -0.05) is 60.1 Å². The van der Waals surface area contributed by atoms with Crippen molar-refractivity contribution in [1.29, 1.82) is 0 Å². The smallest absolute Gasteiger partial charge is 0.329 e. The molecular weight excluding hydrogens is 520 g/mol. The van der Waals surface area contributed by atoms with Crippen molar-refractivity contribution >= 4 is 45.5 Å².